The lowest BCUT2D eigenvalue weighted by Crippen LogP contribution is -2.31. The molecule has 0 aliphatic heterocycles. The number of aromatic nitrogens is 1. The van der Waals surface area contributed by atoms with Crippen molar-refractivity contribution < 1.29 is 19.4 Å². The number of nitrogens with zero attached hydrogens (tertiary/aromatic N) is 2. The van der Waals surface area contributed by atoms with Crippen LogP contribution in [0.2, 0.25) is 0 Å². The lowest BCUT2D eigenvalue weighted by molar-refractivity contribution is 0.0945. The Hall–Kier alpha value is -2.65. The highest BCUT2D eigenvalue weighted by molar-refractivity contribution is 7.14. The third-order valence-corrected chi connectivity index (χ3v) is 4.02. The number of likely N-dealkylation sites (N-methyl/N-ethyl adjacent to an activating group) is 1. The van der Waals surface area contributed by atoms with Gasteiger partial charge in [0, 0.05) is 18.5 Å². The number of carbonyl (C=O) groups is 2. The second-order valence-electron chi connectivity index (χ2n) is 5.41. The second kappa shape index (κ2) is 8.45. The van der Waals surface area contributed by atoms with E-state index in [1.807, 2.05) is 19.0 Å². The summed E-state index contributed by atoms with van der Waals surface area (Å²) < 4.78 is 4.98. The van der Waals surface area contributed by atoms with E-state index in [1.54, 1.807) is 17.5 Å². The minimum Gasteiger partial charge on any atom is -0.504 e. The highest BCUT2D eigenvalue weighted by atomic mass is 32.1. The number of methoxy groups -OCH3 is 1. The van der Waals surface area contributed by atoms with Crippen LogP contribution in [0, 0.1) is 0 Å². The van der Waals surface area contributed by atoms with Crippen molar-refractivity contribution in [2.75, 3.05) is 39.6 Å². The van der Waals surface area contributed by atoms with Gasteiger partial charge in [0.05, 0.1) is 12.7 Å². The third kappa shape index (κ3) is 4.91. The summed E-state index contributed by atoms with van der Waals surface area (Å²) in [4.78, 5) is 30.3. The van der Waals surface area contributed by atoms with Gasteiger partial charge in [-0.25, -0.2) is 4.98 Å². The Balaban J connectivity index is 2.01. The monoisotopic (exact) mass is 364 g/mol. The standard InChI is InChI=1S/C16H20N4O4S/c1-20(2)8-7-17-15(23)11-9-25-16(18-11)19-14(22)10-5-4-6-12(24-3)13(10)21/h4-6,9,21H,7-8H2,1-3H3,(H,17,23)(H,18,19,22). The van der Waals surface area contributed by atoms with Gasteiger partial charge in [0.15, 0.2) is 16.6 Å². The van der Waals surface area contributed by atoms with Crippen molar-refractivity contribution in [1.82, 2.24) is 15.2 Å². The fraction of sp³-hybridized carbons (Fsp3) is 0.312. The number of thiazole rings is 1. The molecule has 0 unspecified atom stereocenters. The molecule has 3 N–H and O–H groups in total. The van der Waals surface area contributed by atoms with Crippen LogP contribution in [0.25, 0.3) is 0 Å². The number of amides is 2. The summed E-state index contributed by atoms with van der Waals surface area (Å²) in [7, 11) is 5.23. The van der Waals surface area contributed by atoms with Crippen molar-refractivity contribution in [2.24, 2.45) is 0 Å². The molecule has 0 bridgehead atoms. The molecule has 2 amide bonds. The quantitative estimate of drug-likeness (QED) is 0.686. The van der Waals surface area contributed by atoms with Gasteiger partial charge in [-0.1, -0.05) is 6.07 Å². The first-order valence-corrected chi connectivity index (χ1v) is 8.36. The smallest absolute Gasteiger partial charge is 0.270 e. The maximum absolute atomic E-state index is 12.3. The van der Waals surface area contributed by atoms with Crippen molar-refractivity contribution in [3.05, 3.63) is 34.8 Å². The van der Waals surface area contributed by atoms with Gasteiger partial charge in [0.2, 0.25) is 0 Å². The molecule has 134 valence electrons. The van der Waals surface area contributed by atoms with E-state index in [-0.39, 0.29) is 33.8 Å². The molecule has 8 nitrogen and oxygen atoms in total. The summed E-state index contributed by atoms with van der Waals surface area (Å²) in [6.07, 6.45) is 0. The highest BCUT2D eigenvalue weighted by Gasteiger charge is 2.17. The van der Waals surface area contributed by atoms with Crippen molar-refractivity contribution in [3.63, 3.8) is 0 Å². The number of anilines is 1. The Bertz CT molecular complexity index is 760. The molecule has 1 aromatic carbocycles. The van der Waals surface area contributed by atoms with Gasteiger partial charge in [-0.2, -0.15) is 0 Å². The third-order valence-electron chi connectivity index (χ3n) is 3.27. The molecule has 2 aromatic rings. The van der Waals surface area contributed by atoms with Crippen LogP contribution in [0.1, 0.15) is 20.8 Å². The molecule has 0 spiro atoms. The zero-order chi connectivity index (χ0) is 18.4. The molecule has 1 aromatic heterocycles. The van der Waals surface area contributed by atoms with Crippen LogP contribution < -0.4 is 15.4 Å². The van der Waals surface area contributed by atoms with Crippen molar-refractivity contribution >= 4 is 28.3 Å². The Morgan fingerprint density at radius 1 is 1.32 bits per heavy atom. The molecule has 25 heavy (non-hydrogen) atoms. The summed E-state index contributed by atoms with van der Waals surface area (Å²) in [5.41, 5.74) is 0.292. The Morgan fingerprint density at radius 2 is 2.08 bits per heavy atom. The van der Waals surface area contributed by atoms with Crippen LogP contribution >= 0.6 is 11.3 Å². The second-order valence-corrected chi connectivity index (χ2v) is 6.27. The number of nitrogens with one attached hydrogen (secondary N) is 2. The fourth-order valence-corrected chi connectivity index (χ4v) is 2.64. The van der Waals surface area contributed by atoms with Gasteiger partial charge in [-0.15, -0.1) is 11.3 Å². The van der Waals surface area contributed by atoms with E-state index >= 15 is 0 Å². The van der Waals surface area contributed by atoms with E-state index in [9.17, 15) is 14.7 Å². The molecular weight excluding hydrogens is 344 g/mol. The van der Waals surface area contributed by atoms with Gasteiger partial charge in [-0.05, 0) is 26.2 Å². The predicted octanol–water partition coefficient (Wildman–Crippen LogP) is 1.40. The summed E-state index contributed by atoms with van der Waals surface area (Å²) >= 11 is 1.13. The lowest BCUT2D eigenvalue weighted by Gasteiger charge is -2.09. The van der Waals surface area contributed by atoms with Crippen LogP contribution in [0.3, 0.4) is 0 Å². The SMILES string of the molecule is COc1cccc(C(=O)Nc2nc(C(=O)NCCN(C)C)cs2)c1O. The topological polar surface area (TPSA) is 104 Å². The summed E-state index contributed by atoms with van der Waals surface area (Å²) in [6, 6.07) is 4.61. The van der Waals surface area contributed by atoms with E-state index in [2.05, 4.69) is 15.6 Å². The Kier molecular flexibility index (Phi) is 6.31. The number of phenolic OH excluding ortho intramolecular Hbond substituents is 1. The van der Waals surface area contributed by atoms with Gasteiger partial charge < -0.3 is 20.1 Å². The number of rotatable bonds is 7. The van der Waals surface area contributed by atoms with Crippen LogP contribution in [0.5, 0.6) is 11.5 Å². The van der Waals surface area contributed by atoms with Crippen molar-refractivity contribution in [1.29, 1.82) is 0 Å². The van der Waals surface area contributed by atoms with Crippen molar-refractivity contribution in [2.45, 2.75) is 0 Å². The summed E-state index contributed by atoms with van der Waals surface area (Å²) in [5, 5.41) is 17.1. The fourth-order valence-electron chi connectivity index (χ4n) is 1.95. The number of phenols is 1. The molecule has 0 aliphatic carbocycles. The van der Waals surface area contributed by atoms with Crippen LogP contribution in [0.15, 0.2) is 23.6 Å². The molecule has 0 saturated carbocycles. The van der Waals surface area contributed by atoms with E-state index in [0.29, 0.717) is 13.1 Å². The predicted molar refractivity (Wildman–Crippen MR) is 95.6 cm³/mol. The number of para-hydroxylation sites is 1. The van der Waals surface area contributed by atoms with Gasteiger partial charge in [-0.3, -0.25) is 14.9 Å². The molecule has 0 radical (unpaired) electrons. The maximum Gasteiger partial charge on any atom is 0.270 e. The number of benzene rings is 1. The lowest BCUT2D eigenvalue weighted by atomic mass is 10.2. The summed E-state index contributed by atoms with van der Waals surface area (Å²) in [5.74, 6) is -0.887. The van der Waals surface area contributed by atoms with Crippen LogP contribution in [-0.4, -0.2) is 61.1 Å². The first kappa shape index (κ1) is 18.7. The number of aromatic hydroxyl groups is 1. The molecular formula is C16H20N4O4S. The van der Waals surface area contributed by atoms with Gasteiger partial charge in [0.25, 0.3) is 11.8 Å². The number of carbonyl (C=O) groups excluding carboxylic acids is 2. The van der Waals surface area contributed by atoms with Gasteiger partial charge >= 0.3 is 0 Å². The van der Waals surface area contributed by atoms with E-state index < -0.39 is 5.91 Å². The Labute approximate surface area is 149 Å². The molecule has 9 heteroatoms. The molecule has 0 fully saturated rings. The largest absolute Gasteiger partial charge is 0.504 e. The normalized spacial score (nSPS) is 10.6. The average Bonchev–Trinajstić information content (AvgIpc) is 3.03. The van der Waals surface area contributed by atoms with E-state index in [1.165, 1.54) is 13.2 Å². The molecule has 0 aliphatic rings. The van der Waals surface area contributed by atoms with Crippen LogP contribution in [-0.2, 0) is 0 Å². The molecule has 2 rings (SSSR count). The first-order chi connectivity index (χ1) is 11.9. The van der Waals surface area contributed by atoms with Gasteiger partial charge in [0.1, 0.15) is 5.69 Å². The highest BCUT2D eigenvalue weighted by Crippen LogP contribution is 2.30. The van der Waals surface area contributed by atoms with E-state index in [0.717, 1.165) is 11.3 Å². The Morgan fingerprint density at radius 3 is 2.76 bits per heavy atom. The number of ether oxygens (including phenoxy) is 1. The van der Waals surface area contributed by atoms with Crippen LogP contribution in [0.4, 0.5) is 5.13 Å². The number of hydrogen-bond donors (Lipinski definition) is 3. The first-order valence-electron chi connectivity index (χ1n) is 7.48. The zero-order valence-electron chi connectivity index (χ0n) is 14.2. The molecule has 0 saturated heterocycles. The zero-order valence-corrected chi connectivity index (χ0v) is 15.0. The maximum atomic E-state index is 12.3. The molecule has 1 heterocycles. The minimum absolute atomic E-state index is 0.0616. The molecule has 0 atom stereocenters. The summed E-state index contributed by atoms with van der Waals surface area (Å²) in [6.45, 7) is 1.22. The number of hydrogen-bond acceptors (Lipinski definition) is 7. The van der Waals surface area contributed by atoms with Crippen molar-refractivity contribution in [3.8, 4) is 11.5 Å². The van der Waals surface area contributed by atoms with E-state index in [4.69, 9.17) is 4.74 Å². The minimum atomic E-state index is -0.537. The average molecular weight is 364 g/mol.